The van der Waals surface area contributed by atoms with Crippen LogP contribution in [0.5, 0.6) is 0 Å². The van der Waals surface area contributed by atoms with Crippen molar-refractivity contribution in [2.45, 2.75) is 89.3 Å². The molecule has 2 fully saturated rings. The number of aryl methyl sites for hydroxylation is 1. The van der Waals surface area contributed by atoms with Crippen molar-refractivity contribution in [1.29, 1.82) is 0 Å². The average molecular weight is 568 g/mol. The van der Waals surface area contributed by atoms with Gasteiger partial charge < -0.3 is 15.8 Å². The fourth-order valence-electron chi connectivity index (χ4n) is 7.17. The molecule has 218 valence electrons. The fourth-order valence-corrected chi connectivity index (χ4v) is 7.17. The summed E-state index contributed by atoms with van der Waals surface area (Å²) < 4.78 is 48.9. The Morgan fingerprint density at radius 1 is 1.05 bits per heavy atom. The van der Waals surface area contributed by atoms with Crippen LogP contribution in [0.3, 0.4) is 0 Å². The zero-order valence-electron chi connectivity index (χ0n) is 24.0. The molecule has 3 atom stereocenters. The van der Waals surface area contributed by atoms with E-state index in [4.69, 9.17) is 25.4 Å². The summed E-state index contributed by atoms with van der Waals surface area (Å²) in [6, 6.07) is 6.48. The topological polar surface area (TPSA) is 93.6 Å². The van der Waals surface area contributed by atoms with Crippen LogP contribution in [0.1, 0.15) is 75.0 Å². The normalized spacial score (nSPS) is 24.0. The van der Waals surface area contributed by atoms with Crippen LogP contribution in [0.4, 0.5) is 24.7 Å². The molecule has 6 rings (SSSR count). The molecule has 0 spiro atoms. The SMILES string of the molecule is COC1(c2cc3c(N[C@H](C)c4cc(N)cc(C(F)(F)F)c4)nc(C)nc3n3ccnc23)CC2CCC(C1)N2C(C)C. The summed E-state index contributed by atoms with van der Waals surface area (Å²) >= 11 is 0. The molecule has 2 saturated heterocycles. The Bertz CT molecular complexity index is 1600. The van der Waals surface area contributed by atoms with E-state index in [1.165, 1.54) is 0 Å². The Morgan fingerprint density at radius 3 is 2.39 bits per heavy atom. The number of piperidine rings is 1. The zero-order valence-corrected chi connectivity index (χ0v) is 24.0. The van der Waals surface area contributed by atoms with Crippen LogP contribution in [0, 0.1) is 6.92 Å². The molecule has 2 unspecified atom stereocenters. The second-order valence-electron chi connectivity index (χ2n) is 11.8. The number of pyridine rings is 1. The van der Waals surface area contributed by atoms with E-state index in [9.17, 15) is 13.2 Å². The van der Waals surface area contributed by atoms with Gasteiger partial charge in [0, 0.05) is 48.9 Å². The minimum Gasteiger partial charge on any atom is -0.399 e. The number of rotatable bonds is 6. The monoisotopic (exact) mass is 567 g/mol. The number of alkyl halides is 3. The van der Waals surface area contributed by atoms with Gasteiger partial charge in [0.15, 0.2) is 5.65 Å². The highest BCUT2D eigenvalue weighted by Gasteiger charge is 2.51. The Kier molecular flexibility index (Phi) is 6.65. The molecule has 3 aromatic heterocycles. The third-order valence-corrected chi connectivity index (χ3v) is 8.88. The highest BCUT2D eigenvalue weighted by Crippen LogP contribution is 2.50. The lowest BCUT2D eigenvalue weighted by Crippen LogP contribution is -2.52. The minimum absolute atomic E-state index is 0.0546. The summed E-state index contributed by atoms with van der Waals surface area (Å²) in [6.45, 7) is 8.10. The number of nitrogens with one attached hydrogen (secondary N) is 1. The molecule has 0 amide bonds. The molecule has 2 aliphatic heterocycles. The van der Waals surface area contributed by atoms with Crippen molar-refractivity contribution in [2.75, 3.05) is 18.2 Å². The van der Waals surface area contributed by atoms with Gasteiger partial charge in [-0.3, -0.25) is 9.30 Å². The molecule has 4 aromatic rings. The predicted octanol–water partition coefficient (Wildman–Crippen LogP) is 6.24. The Hall–Kier alpha value is -3.44. The number of ether oxygens (including phenoxy) is 1. The first-order valence-corrected chi connectivity index (χ1v) is 14.1. The number of hydrogen-bond acceptors (Lipinski definition) is 7. The Morgan fingerprint density at radius 2 is 1.76 bits per heavy atom. The van der Waals surface area contributed by atoms with Crippen LogP contribution in [0.25, 0.3) is 16.7 Å². The van der Waals surface area contributed by atoms with Gasteiger partial charge >= 0.3 is 6.18 Å². The van der Waals surface area contributed by atoms with Crippen molar-refractivity contribution >= 4 is 28.2 Å². The molecule has 5 heterocycles. The number of hydrogen-bond donors (Lipinski definition) is 2. The number of anilines is 2. The lowest BCUT2D eigenvalue weighted by atomic mass is 9.79. The van der Waals surface area contributed by atoms with Crippen molar-refractivity contribution in [3.8, 4) is 0 Å². The number of aromatic nitrogens is 4. The van der Waals surface area contributed by atoms with Gasteiger partial charge in [-0.05, 0) is 83.2 Å². The largest absolute Gasteiger partial charge is 0.416 e. The molecule has 2 aliphatic rings. The number of methoxy groups -OCH3 is 1. The maximum Gasteiger partial charge on any atom is 0.416 e. The van der Waals surface area contributed by atoms with Crippen LogP contribution in [0.15, 0.2) is 36.7 Å². The van der Waals surface area contributed by atoms with Crippen LogP contribution in [0.2, 0.25) is 0 Å². The van der Waals surface area contributed by atoms with Gasteiger partial charge in [0.2, 0.25) is 0 Å². The molecule has 2 bridgehead atoms. The second kappa shape index (κ2) is 9.84. The summed E-state index contributed by atoms with van der Waals surface area (Å²) in [5.74, 6) is 1.06. The molecular weight excluding hydrogens is 531 g/mol. The highest BCUT2D eigenvalue weighted by molar-refractivity contribution is 5.90. The van der Waals surface area contributed by atoms with Crippen molar-refractivity contribution in [1.82, 2.24) is 24.3 Å². The van der Waals surface area contributed by atoms with E-state index >= 15 is 0 Å². The summed E-state index contributed by atoms with van der Waals surface area (Å²) in [6.07, 6.45) is 3.12. The van der Waals surface area contributed by atoms with Crippen LogP contribution in [-0.4, -0.2) is 49.5 Å². The first-order chi connectivity index (χ1) is 19.4. The van der Waals surface area contributed by atoms with Crippen molar-refractivity contribution < 1.29 is 17.9 Å². The zero-order chi connectivity index (χ0) is 29.3. The molecule has 0 radical (unpaired) electrons. The fraction of sp³-hybridized carbons (Fsp3) is 0.500. The summed E-state index contributed by atoms with van der Waals surface area (Å²) in [7, 11) is 1.78. The smallest absolute Gasteiger partial charge is 0.399 e. The number of nitrogens with zero attached hydrogens (tertiary/aromatic N) is 5. The first-order valence-electron chi connectivity index (χ1n) is 14.1. The van der Waals surface area contributed by atoms with E-state index < -0.39 is 23.4 Å². The molecule has 1 aromatic carbocycles. The van der Waals surface area contributed by atoms with Gasteiger partial charge in [0.05, 0.1) is 22.6 Å². The number of benzene rings is 1. The molecular formula is C30H36F3N7O. The molecule has 8 nitrogen and oxygen atoms in total. The number of halogens is 3. The minimum atomic E-state index is -4.50. The third kappa shape index (κ3) is 4.68. The molecule has 0 saturated carbocycles. The van der Waals surface area contributed by atoms with Gasteiger partial charge in [-0.25, -0.2) is 15.0 Å². The highest BCUT2D eigenvalue weighted by atomic mass is 19.4. The Labute approximate surface area is 237 Å². The lowest BCUT2D eigenvalue weighted by Gasteiger charge is -2.47. The first kappa shape index (κ1) is 27.7. The van der Waals surface area contributed by atoms with Crippen molar-refractivity contribution in [2.24, 2.45) is 0 Å². The second-order valence-corrected chi connectivity index (χ2v) is 11.8. The molecule has 11 heteroatoms. The number of nitrogen functional groups attached to an aromatic ring is 1. The predicted molar refractivity (Wildman–Crippen MR) is 153 cm³/mol. The van der Waals surface area contributed by atoms with Gasteiger partial charge in [-0.1, -0.05) is 0 Å². The number of imidazole rings is 1. The summed E-state index contributed by atoms with van der Waals surface area (Å²) in [5.41, 5.74) is 7.44. The van der Waals surface area contributed by atoms with Gasteiger partial charge in [0.25, 0.3) is 0 Å². The van der Waals surface area contributed by atoms with E-state index in [-0.39, 0.29) is 5.69 Å². The van der Waals surface area contributed by atoms with Crippen LogP contribution in [-0.2, 0) is 16.5 Å². The van der Waals surface area contributed by atoms with E-state index in [0.717, 1.165) is 54.4 Å². The number of fused-ring (bicyclic) bond motifs is 5. The molecule has 41 heavy (non-hydrogen) atoms. The van der Waals surface area contributed by atoms with E-state index in [2.05, 4.69) is 30.1 Å². The van der Waals surface area contributed by atoms with E-state index in [1.54, 1.807) is 33.2 Å². The molecule has 0 aliphatic carbocycles. The maximum atomic E-state index is 13.5. The number of nitrogens with two attached hydrogens (primary N) is 1. The van der Waals surface area contributed by atoms with E-state index in [1.807, 2.05) is 10.6 Å². The standard InChI is InChI=1S/C30H36F3N7O/c1-16(2)40-22-6-7-23(40)15-29(14-22,41-5)25-13-24-26(37-18(4)38-27(24)39-9-8-35-28(25)39)36-17(3)19-10-20(30(31,32)33)12-21(34)11-19/h8-13,16-17,22-23H,6-7,14-15,34H2,1-5H3,(H,36,37,38)/t17-,22?,23?,29?/m1/s1. The van der Waals surface area contributed by atoms with Crippen LogP contribution < -0.4 is 11.1 Å². The van der Waals surface area contributed by atoms with Crippen LogP contribution >= 0.6 is 0 Å². The summed E-state index contributed by atoms with van der Waals surface area (Å²) in [5, 5.41) is 4.11. The van der Waals surface area contributed by atoms with E-state index in [0.29, 0.717) is 41.0 Å². The van der Waals surface area contributed by atoms with Crippen molar-refractivity contribution in [3.63, 3.8) is 0 Å². The van der Waals surface area contributed by atoms with Gasteiger partial charge in [-0.15, -0.1) is 0 Å². The lowest BCUT2D eigenvalue weighted by molar-refractivity contribution is -0.137. The average Bonchev–Trinajstić information content (AvgIpc) is 3.50. The van der Waals surface area contributed by atoms with Crippen molar-refractivity contribution in [3.05, 3.63) is 59.2 Å². The van der Waals surface area contributed by atoms with Gasteiger partial charge in [0.1, 0.15) is 17.3 Å². The quantitative estimate of drug-likeness (QED) is 0.267. The maximum absolute atomic E-state index is 13.5. The Balaban J connectivity index is 1.47. The van der Waals surface area contributed by atoms with Gasteiger partial charge in [-0.2, -0.15) is 13.2 Å². The summed E-state index contributed by atoms with van der Waals surface area (Å²) in [4.78, 5) is 16.8. The third-order valence-electron chi connectivity index (χ3n) is 8.88. The molecule has 3 N–H and O–H groups in total.